The van der Waals surface area contributed by atoms with Crippen molar-refractivity contribution < 1.29 is 0 Å². The molecule has 76 valence electrons. The van der Waals surface area contributed by atoms with Gasteiger partial charge in [0.1, 0.15) is 0 Å². The van der Waals surface area contributed by atoms with Gasteiger partial charge in [0.2, 0.25) is 0 Å². The molecule has 0 saturated carbocycles. The highest BCUT2D eigenvalue weighted by molar-refractivity contribution is 14.1. The average Bonchev–Trinajstić information content (AvgIpc) is 2.16. The largest absolute Gasteiger partial charge is 0.0843 e. The Morgan fingerprint density at radius 2 is 1.47 bits per heavy atom. The summed E-state index contributed by atoms with van der Waals surface area (Å²) in [6, 6.07) is 13.7. The van der Waals surface area contributed by atoms with E-state index in [1.54, 1.807) is 6.07 Å². The molecule has 0 bridgehead atoms. The van der Waals surface area contributed by atoms with E-state index in [0.29, 0.717) is 10.0 Å². The standard InChI is InChI=1S/C12H7Cl2I/c13-9-5-8(6-10(14)7-9)11-3-1-2-4-12(11)15/h1-7H. The monoisotopic (exact) mass is 348 g/mol. The molecule has 0 saturated heterocycles. The van der Waals surface area contributed by atoms with E-state index in [1.807, 2.05) is 24.3 Å². The molecule has 2 aromatic carbocycles. The fourth-order valence-corrected chi connectivity index (χ4v) is 2.63. The second-order valence-corrected chi connectivity index (χ2v) is 5.17. The van der Waals surface area contributed by atoms with Gasteiger partial charge in [-0.25, -0.2) is 0 Å². The number of hydrogen-bond acceptors (Lipinski definition) is 0. The molecule has 15 heavy (non-hydrogen) atoms. The summed E-state index contributed by atoms with van der Waals surface area (Å²) < 4.78 is 1.19. The minimum absolute atomic E-state index is 0.664. The topological polar surface area (TPSA) is 0 Å². The number of benzene rings is 2. The van der Waals surface area contributed by atoms with Crippen LogP contribution in [0.25, 0.3) is 11.1 Å². The smallest absolute Gasteiger partial charge is 0.0426 e. The molecule has 0 fully saturated rings. The van der Waals surface area contributed by atoms with E-state index in [1.165, 1.54) is 3.57 Å². The maximum atomic E-state index is 5.97. The van der Waals surface area contributed by atoms with Gasteiger partial charge in [-0.1, -0.05) is 41.4 Å². The van der Waals surface area contributed by atoms with E-state index in [9.17, 15) is 0 Å². The van der Waals surface area contributed by atoms with E-state index in [0.717, 1.165) is 11.1 Å². The Balaban J connectivity index is 2.59. The normalized spacial score (nSPS) is 10.3. The Hall–Kier alpha value is -0.250. The number of rotatable bonds is 1. The third kappa shape index (κ3) is 2.65. The molecule has 0 aliphatic rings. The van der Waals surface area contributed by atoms with Crippen LogP contribution < -0.4 is 0 Å². The van der Waals surface area contributed by atoms with Gasteiger partial charge in [0.25, 0.3) is 0 Å². The maximum Gasteiger partial charge on any atom is 0.0426 e. The van der Waals surface area contributed by atoms with Crippen LogP contribution in [0.3, 0.4) is 0 Å². The Morgan fingerprint density at radius 3 is 2.07 bits per heavy atom. The summed E-state index contributed by atoms with van der Waals surface area (Å²) in [5.41, 5.74) is 2.21. The summed E-state index contributed by atoms with van der Waals surface area (Å²) in [7, 11) is 0. The molecule has 0 N–H and O–H groups in total. The second-order valence-electron chi connectivity index (χ2n) is 3.14. The first kappa shape index (κ1) is 11.2. The fraction of sp³-hybridized carbons (Fsp3) is 0. The van der Waals surface area contributed by atoms with Crippen molar-refractivity contribution in [1.82, 2.24) is 0 Å². The molecule has 0 amide bonds. The Labute approximate surface area is 112 Å². The molecular formula is C12H7Cl2I. The van der Waals surface area contributed by atoms with Gasteiger partial charge in [0.15, 0.2) is 0 Å². The van der Waals surface area contributed by atoms with Gasteiger partial charge in [-0.05, 0) is 58.0 Å². The Bertz CT molecular complexity index is 474. The van der Waals surface area contributed by atoms with E-state index < -0.39 is 0 Å². The van der Waals surface area contributed by atoms with Crippen LogP contribution in [-0.4, -0.2) is 0 Å². The summed E-state index contributed by atoms with van der Waals surface area (Å²) >= 11 is 14.2. The predicted octanol–water partition coefficient (Wildman–Crippen LogP) is 5.27. The third-order valence-corrected chi connectivity index (χ3v) is 3.42. The molecule has 0 spiro atoms. The summed E-state index contributed by atoms with van der Waals surface area (Å²) in [6.07, 6.45) is 0. The van der Waals surface area contributed by atoms with Crippen molar-refractivity contribution in [2.45, 2.75) is 0 Å². The highest BCUT2D eigenvalue weighted by Gasteiger charge is 2.04. The quantitative estimate of drug-likeness (QED) is 0.616. The third-order valence-electron chi connectivity index (χ3n) is 2.05. The van der Waals surface area contributed by atoms with Crippen molar-refractivity contribution in [3.63, 3.8) is 0 Å². The van der Waals surface area contributed by atoms with Crippen LogP contribution in [0.4, 0.5) is 0 Å². The molecule has 0 radical (unpaired) electrons. The lowest BCUT2D eigenvalue weighted by Crippen LogP contribution is -1.82. The molecule has 0 aromatic heterocycles. The Morgan fingerprint density at radius 1 is 0.867 bits per heavy atom. The van der Waals surface area contributed by atoms with Gasteiger partial charge in [-0.2, -0.15) is 0 Å². The minimum atomic E-state index is 0.664. The van der Waals surface area contributed by atoms with Crippen LogP contribution in [0.15, 0.2) is 42.5 Å². The van der Waals surface area contributed by atoms with Crippen molar-refractivity contribution in [1.29, 1.82) is 0 Å². The molecule has 0 aliphatic heterocycles. The van der Waals surface area contributed by atoms with E-state index >= 15 is 0 Å². The molecule has 0 atom stereocenters. The molecule has 0 aliphatic carbocycles. The van der Waals surface area contributed by atoms with Gasteiger partial charge in [-0.15, -0.1) is 0 Å². The lowest BCUT2D eigenvalue weighted by Gasteiger charge is -2.05. The molecule has 0 heterocycles. The van der Waals surface area contributed by atoms with Gasteiger partial charge in [-0.3, -0.25) is 0 Å². The summed E-state index contributed by atoms with van der Waals surface area (Å²) in [4.78, 5) is 0. The first-order chi connectivity index (χ1) is 7.16. The zero-order valence-corrected chi connectivity index (χ0v) is 11.3. The van der Waals surface area contributed by atoms with Crippen molar-refractivity contribution in [3.8, 4) is 11.1 Å². The zero-order chi connectivity index (χ0) is 10.8. The highest BCUT2D eigenvalue weighted by atomic mass is 127. The maximum absolute atomic E-state index is 5.97. The van der Waals surface area contributed by atoms with Crippen molar-refractivity contribution in [2.24, 2.45) is 0 Å². The molecule has 0 nitrogen and oxygen atoms in total. The molecule has 2 aromatic rings. The van der Waals surface area contributed by atoms with E-state index in [2.05, 4.69) is 34.7 Å². The van der Waals surface area contributed by atoms with Crippen molar-refractivity contribution in [3.05, 3.63) is 56.1 Å². The van der Waals surface area contributed by atoms with E-state index in [4.69, 9.17) is 23.2 Å². The summed E-state index contributed by atoms with van der Waals surface area (Å²) in [6.45, 7) is 0. The SMILES string of the molecule is Clc1cc(Cl)cc(-c2ccccc2I)c1. The van der Waals surface area contributed by atoms with Gasteiger partial charge in [0.05, 0.1) is 0 Å². The van der Waals surface area contributed by atoms with Crippen LogP contribution in [0.2, 0.25) is 10.0 Å². The summed E-state index contributed by atoms with van der Waals surface area (Å²) in [5, 5.41) is 1.33. The van der Waals surface area contributed by atoms with Crippen LogP contribution >= 0.6 is 45.8 Å². The van der Waals surface area contributed by atoms with Gasteiger partial charge < -0.3 is 0 Å². The lowest BCUT2D eigenvalue weighted by atomic mass is 10.1. The zero-order valence-electron chi connectivity index (χ0n) is 7.68. The molecule has 2 rings (SSSR count). The van der Waals surface area contributed by atoms with Crippen molar-refractivity contribution in [2.75, 3.05) is 0 Å². The number of hydrogen-bond donors (Lipinski definition) is 0. The first-order valence-corrected chi connectivity index (χ1v) is 6.21. The highest BCUT2D eigenvalue weighted by Crippen LogP contribution is 2.29. The van der Waals surface area contributed by atoms with Gasteiger partial charge in [0, 0.05) is 13.6 Å². The van der Waals surface area contributed by atoms with Crippen LogP contribution in [-0.2, 0) is 0 Å². The minimum Gasteiger partial charge on any atom is -0.0843 e. The first-order valence-electron chi connectivity index (χ1n) is 4.38. The van der Waals surface area contributed by atoms with Crippen LogP contribution in [0, 0.1) is 3.57 Å². The molecular weight excluding hydrogens is 342 g/mol. The molecule has 0 unspecified atom stereocenters. The predicted molar refractivity (Wildman–Crippen MR) is 74.6 cm³/mol. The van der Waals surface area contributed by atoms with Crippen molar-refractivity contribution >= 4 is 45.8 Å². The second kappa shape index (κ2) is 4.73. The summed E-state index contributed by atoms with van der Waals surface area (Å²) in [5.74, 6) is 0. The molecule has 3 heteroatoms. The number of halogens is 3. The van der Waals surface area contributed by atoms with E-state index in [-0.39, 0.29) is 0 Å². The van der Waals surface area contributed by atoms with Crippen LogP contribution in [0.5, 0.6) is 0 Å². The van der Waals surface area contributed by atoms with Crippen LogP contribution in [0.1, 0.15) is 0 Å². The fourth-order valence-electron chi connectivity index (χ4n) is 1.40. The Kier molecular flexibility index (Phi) is 3.54. The lowest BCUT2D eigenvalue weighted by molar-refractivity contribution is 1.58. The van der Waals surface area contributed by atoms with Gasteiger partial charge >= 0.3 is 0 Å². The average molecular weight is 349 g/mol.